The molecule has 0 aliphatic carbocycles. The highest BCUT2D eigenvalue weighted by atomic mass is 35.5. The number of likely N-dealkylation sites (tertiary alicyclic amines) is 1. The van der Waals surface area contributed by atoms with E-state index in [1.165, 1.54) is 11.8 Å². The van der Waals surface area contributed by atoms with Gasteiger partial charge in [-0.25, -0.2) is 4.79 Å². The normalized spacial score (nSPS) is 22.8. The largest absolute Gasteiger partial charge is 0.444 e. The van der Waals surface area contributed by atoms with Gasteiger partial charge in [0.2, 0.25) is 0 Å². The van der Waals surface area contributed by atoms with Gasteiger partial charge in [-0.3, -0.25) is 4.79 Å². The van der Waals surface area contributed by atoms with Gasteiger partial charge in [0.1, 0.15) is 10.5 Å². The Morgan fingerprint density at radius 1 is 1.27 bits per heavy atom. The number of Topliss-reactive ketones (excluding diaryl/α,β-unsaturated/α-hetero) is 1. The van der Waals surface area contributed by atoms with Crippen LogP contribution in [0.1, 0.15) is 33.3 Å². The van der Waals surface area contributed by atoms with Crippen molar-refractivity contribution in [2.24, 2.45) is 0 Å². The molecule has 3 atom stereocenters. The van der Waals surface area contributed by atoms with Gasteiger partial charge >= 0.3 is 6.09 Å². The van der Waals surface area contributed by atoms with Crippen LogP contribution in [0.3, 0.4) is 0 Å². The van der Waals surface area contributed by atoms with Crippen molar-refractivity contribution in [1.82, 2.24) is 10.2 Å². The van der Waals surface area contributed by atoms with Crippen LogP contribution in [0.4, 0.5) is 4.79 Å². The first-order chi connectivity index (χ1) is 12.0. The van der Waals surface area contributed by atoms with Crippen LogP contribution in [0.25, 0.3) is 0 Å². The molecule has 1 saturated heterocycles. The van der Waals surface area contributed by atoms with Gasteiger partial charge < -0.3 is 20.1 Å². The first-order valence-corrected chi connectivity index (χ1v) is 9.05. The molecule has 7 heteroatoms. The SMILES string of the molecule is CC(=O)C(Cl)(CN[C@H]1CN(C(=O)OC(C)(C)C)C[C@@H]1O)c1ccccc1. The van der Waals surface area contributed by atoms with Crippen molar-refractivity contribution in [3.63, 3.8) is 0 Å². The molecule has 1 heterocycles. The second kappa shape index (κ2) is 7.94. The minimum absolute atomic E-state index is 0.151. The molecule has 0 saturated carbocycles. The van der Waals surface area contributed by atoms with Gasteiger partial charge in [-0.15, -0.1) is 11.6 Å². The van der Waals surface area contributed by atoms with Gasteiger partial charge in [-0.05, 0) is 33.3 Å². The molecule has 6 nitrogen and oxygen atoms in total. The Balaban J connectivity index is 2.02. The van der Waals surface area contributed by atoms with Gasteiger partial charge in [0, 0.05) is 13.1 Å². The van der Waals surface area contributed by atoms with E-state index in [0.717, 1.165) is 0 Å². The molecule has 0 radical (unpaired) electrons. The number of ether oxygens (including phenoxy) is 1. The molecule has 1 aliphatic rings. The van der Waals surface area contributed by atoms with Crippen molar-refractivity contribution in [2.45, 2.75) is 50.3 Å². The minimum Gasteiger partial charge on any atom is -0.444 e. The monoisotopic (exact) mass is 382 g/mol. The molecule has 0 aromatic heterocycles. The maximum Gasteiger partial charge on any atom is 0.410 e. The molecule has 0 bridgehead atoms. The van der Waals surface area contributed by atoms with Gasteiger partial charge in [-0.2, -0.15) is 0 Å². The zero-order valence-electron chi connectivity index (χ0n) is 15.7. The lowest BCUT2D eigenvalue weighted by atomic mass is 9.94. The molecule has 2 N–H and O–H groups in total. The maximum absolute atomic E-state index is 12.2. The van der Waals surface area contributed by atoms with Crippen LogP contribution < -0.4 is 5.32 Å². The lowest BCUT2D eigenvalue weighted by Gasteiger charge is -2.28. The number of alkyl halides is 1. The highest BCUT2D eigenvalue weighted by Gasteiger charge is 2.40. The van der Waals surface area contributed by atoms with Crippen LogP contribution in [0.5, 0.6) is 0 Å². The van der Waals surface area contributed by atoms with Crippen LogP contribution >= 0.6 is 11.6 Å². The van der Waals surface area contributed by atoms with Crippen LogP contribution in [0, 0.1) is 0 Å². The number of hydrogen-bond acceptors (Lipinski definition) is 5. The van der Waals surface area contributed by atoms with E-state index in [4.69, 9.17) is 16.3 Å². The van der Waals surface area contributed by atoms with E-state index in [1.54, 1.807) is 32.9 Å². The zero-order valence-corrected chi connectivity index (χ0v) is 16.4. The Labute approximate surface area is 159 Å². The van der Waals surface area contributed by atoms with Crippen LogP contribution in [0.15, 0.2) is 30.3 Å². The Morgan fingerprint density at radius 2 is 1.88 bits per heavy atom. The Bertz CT molecular complexity index is 647. The third-order valence-electron chi connectivity index (χ3n) is 4.34. The summed E-state index contributed by atoms with van der Waals surface area (Å²) >= 11 is 6.61. The number of nitrogens with one attached hydrogen (secondary N) is 1. The molecule has 2 rings (SSSR count). The number of halogens is 1. The van der Waals surface area contributed by atoms with Crippen LogP contribution in [-0.2, 0) is 14.4 Å². The standard InChI is InChI=1S/C19H27ClN2O4/c1-13(23)19(20,14-8-6-5-7-9-14)12-21-15-10-22(11-16(15)24)17(25)26-18(2,3)4/h5-9,15-16,21,24H,10-12H2,1-4H3/t15-,16-,19?/m0/s1. The lowest BCUT2D eigenvalue weighted by molar-refractivity contribution is -0.119. The number of aliphatic hydroxyl groups is 1. The van der Waals surface area contributed by atoms with Gasteiger partial charge in [0.25, 0.3) is 0 Å². The number of ketones is 1. The third kappa shape index (κ3) is 4.96. The first kappa shape index (κ1) is 20.7. The highest BCUT2D eigenvalue weighted by Crippen LogP contribution is 2.30. The van der Waals surface area contributed by atoms with E-state index >= 15 is 0 Å². The summed E-state index contributed by atoms with van der Waals surface area (Å²) in [6, 6.07) is 8.72. The number of rotatable bonds is 5. The van der Waals surface area contributed by atoms with Gasteiger partial charge in [0.15, 0.2) is 5.78 Å². The number of carbonyl (C=O) groups excluding carboxylic acids is 2. The van der Waals surface area contributed by atoms with Crippen molar-refractivity contribution < 1.29 is 19.4 Å². The molecule has 26 heavy (non-hydrogen) atoms. The Hall–Kier alpha value is -1.63. The Morgan fingerprint density at radius 3 is 2.42 bits per heavy atom. The fraction of sp³-hybridized carbons (Fsp3) is 0.579. The summed E-state index contributed by atoms with van der Waals surface area (Å²) in [6.07, 6.45) is -1.22. The fourth-order valence-electron chi connectivity index (χ4n) is 2.87. The number of aliphatic hydroxyl groups excluding tert-OH is 1. The summed E-state index contributed by atoms with van der Waals surface area (Å²) < 4.78 is 5.34. The Kier molecular flexibility index (Phi) is 6.32. The lowest BCUT2D eigenvalue weighted by Crippen LogP contribution is -2.47. The highest BCUT2D eigenvalue weighted by molar-refractivity contribution is 6.35. The smallest absolute Gasteiger partial charge is 0.410 e. The fourth-order valence-corrected chi connectivity index (χ4v) is 3.07. The summed E-state index contributed by atoms with van der Waals surface area (Å²) in [5.41, 5.74) is 0.0963. The summed E-state index contributed by atoms with van der Waals surface area (Å²) in [4.78, 5) is 24.6. The van der Waals surface area contributed by atoms with Crippen molar-refractivity contribution in [3.8, 4) is 0 Å². The molecular formula is C19H27ClN2O4. The van der Waals surface area contributed by atoms with E-state index in [9.17, 15) is 14.7 Å². The molecular weight excluding hydrogens is 356 g/mol. The van der Waals surface area contributed by atoms with Gasteiger partial charge in [0.05, 0.1) is 18.7 Å². The predicted octanol–water partition coefficient (Wildman–Crippen LogP) is 2.28. The number of nitrogens with zero attached hydrogens (tertiary/aromatic N) is 1. The van der Waals surface area contributed by atoms with Crippen molar-refractivity contribution >= 4 is 23.5 Å². The van der Waals surface area contributed by atoms with E-state index in [2.05, 4.69) is 5.32 Å². The molecule has 1 aliphatic heterocycles. The summed E-state index contributed by atoms with van der Waals surface area (Å²) in [7, 11) is 0. The molecule has 1 amide bonds. The summed E-state index contributed by atoms with van der Waals surface area (Å²) in [6.45, 7) is 7.44. The van der Waals surface area contributed by atoms with Crippen LogP contribution in [0.2, 0.25) is 0 Å². The predicted molar refractivity (Wildman–Crippen MR) is 100 cm³/mol. The van der Waals surface area contributed by atoms with Crippen molar-refractivity contribution in [1.29, 1.82) is 0 Å². The summed E-state index contributed by atoms with van der Waals surface area (Å²) in [5.74, 6) is -0.186. The third-order valence-corrected chi connectivity index (χ3v) is 4.96. The van der Waals surface area contributed by atoms with E-state index in [0.29, 0.717) is 5.56 Å². The van der Waals surface area contributed by atoms with Crippen LogP contribution in [-0.4, -0.2) is 59.3 Å². The first-order valence-electron chi connectivity index (χ1n) is 8.68. The molecule has 1 aromatic rings. The molecule has 0 spiro atoms. The second-order valence-corrected chi connectivity index (χ2v) is 8.31. The van der Waals surface area contributed by atoms with E-state index in [1.807, 2.05) is 18.2 Å². The van der Waals surface area contributed by atoms with E-state index < -0.39 is 22.7 Å². The topological polar surface area (TPSA) is 78.9 Å². The van der Waals surface area contributed by atoms with Gasteiger partial charge in [-0.1, -0.05) is 30.3 Å². The number of β-amino-alcohol motifs (C(OH)–C–C–N with tert-alkyl or cyclic N) is 1. The molecule has 1 fully saturated rings. The number of carbonyl (C=O) groups is 2. The van der Waals surface area contributed by atoms with Crippen molar-refractivity contribution in [3.05, 3.63) is 35.9 Å². The number of amides is 1. The molecule has 1 aromatic carbocycles. The molecule has 1 unspecified atom stereocenters. The van der Waals surface area contributed by atoms with Crippen molar-refractivity contribution in [2.75, 3.05) is 19.6 Å². The average molecular weight is 383 g/mol. The summed E-state index contributed by atoms with van der Waals surface area (Å²) in [5, 5.41) is 13.4. The quantitative estimate of drug-likeness (QED) is 0.764. The van der Waals surface area contributed by atoms with E-state index in [-0.39, 0.29) is 31.5 Å². The zero-order chi connectivity index (χ0) is 19.5. The average Bonchev–Trinajstić information content (AvgIpc) is 2.93. The number of benzene rings is 1. The molecule has 144 valence electrons. The minimum atomic E-state index is -1.22. The number of hydrogen-bond donors (Lipinski definition) is 2. The second-order valence-electron chi connectivity index (χ2n) is 7.66. The maximum atomic E-state index is 12.2.